The summed E-state index contributed by atoms with van der Waals surface area (Å²) in [5, 5.41) is 3.43. The van der Waals surface area contributed by atoms with Crippen molar-refractivity contribution in [2.75, 3.05) is 7.11 Å². The van der Waals surface area contributed by atoms with Crippen LogP contribution in [0.15, 0.2) is 18.2 Å². The average molecular weight is 313 g/mol. The number of fused-ring (bicyclic) bond motifs is 2. The molecule has 0 saturated carbocycles. The molecule has 2 atom stereocenters. The second-order valence-corrected chi connectivity index (χ2v) is 6.08. The Labute approximate surface area is 126 Å². The van der Waals surface area contributed by atoms with Gasteiger partial charge in [-0.15, -0.1) is 0 Å². The van der Waals surface area contributed by atoms with Crippen molar-refractivity contribution in [3.63, 3.8) is 0 Å². The normalized spacial score (nSPS) is 27.7. The van der Waals surface area contributed by atoms with Crippen molar-refractivity contribution in [2.45, 2.75) is 43.9 Å². The fourth-order valence-corrected chi connectivity index (χ4v) is 3.59. The molecule has 1 aromatic rings. The molecule has 2 aliphatic heterocycles. The number of nitrogens with one attached hydrogen (secondary N) is 1. The third-order valence-corrected chi connectivity index (χ3v) is 4.63. The third kappa shape index (κ3) is 2.84. The maximum absolute atomic E-state index is 13.1. The monoisotopic (exact) mass is 313 g/mol. The van der Waals surface area contributed by atoms with Gasteiger partial charge in [0.25, 0.3) is 0 Å². The summed E-state index contributed by atoms with van der Waals surface area (Å²) in [6, 6.07) is 4.23. The topological polar surface area (TPSA) is 38.3 Å². The van der Waals surface area contributed by atoms with Crippen LogP contribution in [0.2, 0.25) is 0 Å². The van der Waals surface area contributed by atoms with Gasteiger partial charge in [-0.2, -0.15) is 13.2 Å². The van der Waals surface area contributed by atoms with Crippen molar-refractivity contribution in [1.82, 2.24) is 5.32 Å². The molecule has 2 fully saturated rings. The molecule has 6 heteroatoms. The molecule has 0 amide bonds. The first-order valence-corrected chi connectivity index (χ1v) is 7.44. The number of ether oxygens (including phenoxy) is 1. The van der Waals surface area contributed by atoms with Crippen LogP contribution in [0.5, 0.6) is 5.75 Å². The van der Waals surface area contributed by atoms with E-state index in [2.05, 4.69) is 5.32 Å². The predicted molar refractivity (Wildman–Crippen MR) is 75.0 cm³/mol. The quantitative estimate of drug-likeness (QED) is 0.869. The highest BCUT2D eigenvalue weighted by atomic mass is 19.4. The molecule has 3 nitrogen and oxygen atoms in total. The number of methoxy groups -OCH3 is 1. The van der Waals surface area contributed by atoms with E-state index in [0.717, 1.165) is 18.9 Å². The van der Waals surface area contributed by atoms with E-state index in [1.807, 2.05) is 0 Å². The largest absolute Gasteiger partial charge is 0.496 e. The Morgan fingerprint density at radius 1 is 1.23 bits per heavy atom. The maximum Gasteiger partial charge on any atom is 0.419 e. The van der Waals surface area contributed by atoms with Gasteiger partial charge in [-0.1, -0.05) is 0 Å². The Balaban J connectivity index is 1.86. The Morgan fingerprint density at radius 2 is 1.86 bits per heavy atom. The lowest BCUT2D eigenvalue weighted by molar-refractivity contribution is -0.138. The summed E-state index contributed by atoms with van der Waals surface area (Å²) in [4.78, 5) is 12.6. The summed E-state index contributed by atoms with van der Waals surface area (Å²) in [6.07, 6.45) is -1.02. The van der Waals surface area contributed by atoms with Gasteiger partial charge in [-0.05, 0) is 43.9 Å². The highest BCUT2D eigenvalue weighted by molar-refractivity contribution is 5.98. The molecule has 0 aliphatic carbocycles. The van der Waals surface area contributed by atoms with E-state index in [1.165, 1.54) is 19.2 Å². The number of hydrogen-bond donors (Lipinski definition) is 1. The smallest absolute Gasteiger partial charge is 0.419 e. The maximum atomic E-state index is 13.1. The second kappa shape index (κ2) is 5.57. The van der Waals surface area contributed by atoms with Crippen molar-refractivity contribution in [1.29, 1.82) is 0 Å². The molecular weight excluding hydrogens is 295 g/mol. The van der Waals surface area contributed by atoms with Crippen LogP contribution in [-0.2, 0) is 6.18 Å². The highest BCUT2D eigenvalue weighted by Crippen LogP contribution is 2.38. The number of hydrogen-bond acceptors (Lipinski definition) is 3. The van der Waals surface area contributed by atoms with Crippen LogP contribution in [0.25, 0.3) is 0 Å². The number of carbonyl (C=O) groups is 1. The minimum absolute atomic E-state index is 0.124. The fraction of sp³-hybridized carbons (Fsp3) is 0.562. The van der Waals surface area contributed by atoms with Crippen LogP contribution in [-0.4, -0.2) is 25.0 Å². The van der Waals surface area contributed by atoms with Gasteiger partial charge in [0.15, 0.2) is 5.78 Å². The summed E-state index contributed by atoms with van der Waals surface area (Å²) in [7, 11) is 1.19. The molecule has 2 aliphatic rings. The van der Waals surface area contributed by atoms with Gasteiger partial charge in [0.2, 0.25) is 0 Å². The summed E-state index contributed by atoms with van der Waals surface area (Å²) in [5.41, 5.74) is -0.766. The van der Waals surface area contributed by atoms with E-state index >= 15 is 0 Å². The minimum Gasteiger partial charge on any atom is -0.496 e. The van der Waals surface area contributed by atoms with Crippen molar-refractivity contribution in [2.24, 2.45) is 5.92 Å². The van der Waals surface area contributed by atoms with Crippen molar-refractivity contribution < 1.29 is 22.7 Å². The van der Waals surface area contributed by atoms with Gasteiger partial charge in [0.05, 0.1) is 12.7 Å². The molecule has 120 valence electrons. The number of carbonyl (C=O) groups excluding carboxylic acids is 1. The molecule has 0 spiro atoms. The zero-order chi connectivity index (χ0) is 15.9. The zero-order valence-corrected chi connectivity index (χ0v) is 12.2. The van der Waals surface area contributed by atoms with E-state index in [9.17, 15) is 18.0 Å². The third-order valence-electron chi connectivity index (χ3n) is 4.63. The standard InChI is InChI=1S/C16H18F3NO2/c1-22-14-5-2-9(8-13(14)16(17,18)19)15(21)10-6-11-3-4-12(7-10)20-11/h2,5,8,10-12,20H,3-4,6-7H2,1H3. The van der Waals surface area contributed by atoms with Gasteiger partial charge in [0, 0.05) is 23.6 Å². The first kappa shape index (κ1) is 15.3. The number of benzene rings is 1. The van der Waals surface area contributed by atoms with Crippen molar-refractivity contribution in [3.8, 4) is 5.75 Å². The SMILES string of the molecule is COc1ccc(C(=O)C2CC3CCC(C2)N3)cc1C(F)(F)F. The molecule has 1 N–H and O–H groups in total. The first-order valence-electron chi connectivity index (χ1n) is 7.44. The number of rotatable bonds is 3. The molecular formula is C16H18F3NO2. The van der Waals surface area contributed by atoms with Crippen LogP contribution in [0, 0.1) is 5.92 Å². The molecule has 2 heterocycles. The van der Waals surface area contributed by atoms with Gasteiger partial charge < -0.3 is 10.1 Å². The van der Waals surface area contributed by atoms with Crippen molar-refractivity contribution >= 4 is 5.78 Å². The summed E-state index contributed by atoms with van der Waals surface area (Å²) < 4.78 is 43.9. The molecule has 22 heavy (non-hydrogen) atoms. The number of alkyl halides is 3. The summed E-state index contributed by atoms with van der Waals surface area (Å²) >= 11 is 0. The Hall–Kier alpha value is -1.56. The second-order valence-electron chi connectivity index (χ2n) is 6.08. The molecule has 2 saturated heterocycles. The Morgan fingerprint density at radius 3 is 2.41 bits per heavy atom. The molecule has 2 bridgehead atoms. The number of ketones is 1. The number of Topliss-reactive ketones (excluding diaryl/α,β-unsaturated/α-hetero) is 1. The fourth-order valence-electron chi connectivity index (χ4n) is 3.59. The molecule has 0 aromatic heterocycles. The summed E-state index contributed by atoms with van der Waals surface area (Å²) in [5.74, 6) is -0.630. The highest BCUT2D eigenvalue weighted by Gasteiger charge is 2.38. The van der Waals surface area contributed by atoms with E-state index in [-0.39, 0.29) is 23.0 Å². The van der Waals surface area contributed by atoms with Crippen LogP contribution in [0.3, 0.4) is 0 Å². The van der Waals surface area contributed by atoms with Gasteiger partial charge in [-0.3, -0.25) is 4.79 Å². The molecule has 2 unspecified atom stereocenters. The summed E-state index contributed by atoms with van der Waals surface area (Å²) in [6.45, 7) is 0. The van der Waals surface area contributed by atoms with Crippen LogP contribution < -0.4 is 10.1 Å². The van der Waals surface area contributed by atoms with Gasteiger partial charge >= 0.3 is 6.18 Å². The van der Waals surface area contributed by atoms with Crippen LogP contribution in [0.1, 0.15) is 41.6 Å². The van der Waals surface area contributed by atoms with Crippen molar-refractivity contribution in [3.05, 3.63) is 29.3 Å². The first-order chi connectivity index (χ1) is 10.4. The number of halogens is 3. The zero-order valence-electron chi connectivity index (χ0n) is 12.2. The van der Waals surface area contributed by atoms with E-state index in [4.69, 9.17) is 4.74 Å². The van der Waals surface area contributed by atoms with Gasteiger partial charge in [-0.25, -0.2) is 0 Å². The van der Waals surface area contributed by atoms with Gasteiger partial charge in [0.1, 0.15) is 5.75 Å². The lowest BCUT2D eigenvalue weighted by Gasteiger charge is -2.28. The molecule has 3 rings (SSSR count). The number of piperidine rings is 1. The van der Waals surface area contributed by atoms with E-state index < -0.39 is 11.7 Å². The Bertz CT molecular complexity index is 573. The van der Waals surface area contributed by atoms with Crippen LogP contribution >= 0.6 is 0 Å². The average Bonchev–Trinajstić information content (AvgIpc) is 2.83. The minimum atomic E-state index is -4.53. The lowest BCUT2D eigenvalue weighted by Crippen LogP contribution is -2.40. The predicted octanol–water partition coefficient (Wildman–Crippen LogP) is 3.43. The van der Waals surface area contributed by atoms with Crippen LogP contribution in [0.4, 0.5) is 13.2 Å². The molecule has 0 radical (unpaired) electrons. The Kier molecular flexibility index (Phi) is 3.89. The lowest BCUT2D eigenvalue weighted by atomic mass is 9.85. The van der Waals surface area contributed by atoms with E-state index in [0.29, 0.717) is 24.9 Å². The van der Waals surface area contributed by atoms with E-state index in [1.54, 1.807) is 0 Å². The molecule has 1 aromatic carbocycles.